The number of hydrogen-bond acceptors (Lipinski definition) is 3. The maximum atomic E-state index is 11.8. The average molecular weight is 351 g/mol. The Morgan fingerprint density at radius 1 is 1.25 bits per heavy atom. The van der Waals surface area contributed by atoms with Crippen molar-refractivity contribution < 1.29 is 4.79 Å². The molecule has 1 aromatic rings. The number of carbonyl (C=O) groups is 1. The summed E-state index contributed by atoms with van der Waals surface area (Å²) < 4.78 is 0. The first-order valence-corrected chi connectivity index (χ1v) is 9.73. The third-order valence-electron chi connectivity index (χ3n) is 3.59. The molecule has 0 spiro atoms. The Kier molecular flexibility index (Phi) is 10.00. The van der Waals surface area contributed by atoms with E-state index in [1.807, 2.05) is 30.0 Å². The SMILES string of the molecule is CSCCCCNC(=NCC(=O)N(C)C)NC(C)c1ccccc1. The highest BCUT2D eigenvalue weighted by molar-refractivity contribution is 7.98. The quantitative estimate of drug-likeness (QED) is 0.408. The molecule has 0 aliphatic heterocycles. The molecule has 0 bridgehead atoms. The molecule has 1 unspecified atom stereocenters. The second-order valence-corrected chi connectivity index (χ2v) is 6.84. The number of rotatable bonds is 9. The molecule has 24 heavy (non-hydrogen) atoms. The van der Waals surface area contributed by atoms with E-state index in [0.29, 0.717) is 5.96 Å². The van der Waals surface area contributed by atoms with E-state index < -0.39 is 0 Å². The minimum atomic E-state index is -0.00847. The lowest BCUT2D eigenvalue weighted by atomic mass is 10.1. The molecule has 0 heterocycles. The van der Waals surface area contributed by atoms with Gasteiger partial charge in [-0.3, -0.25) is 4.79 Å². The van der Waals surface area contributed by atoms with Gasteiger partial charge in [-0.05, 0) is 37.3 Å². The summed E-state index contributed by atoms with van der Waals surface area (Å²) in [5.41, 5.74) is 1.19. The van der Waals surface area contributed by atoms with E-state index in [4.69, 9.17) is 0 Å². The van der Waals surface area contributed by atoms with Gasteiger partial charge in [0.25, 0.3) is 0 Å². The fourth-order valence-corrected chi connectivity index (χ4v) is 2.54. The van der Waals surface area contributed by atoms with E-state index in [9.17, 15) is 4.79 Å². The van der Waals surface area contributed by atoms with Gasteiger partial charge in [-0.1, -0.05) is 30.3 Å². The number of thioether (sulfide) groups is 1. The van der Waals surface area contributed by atoms with Gasteiger partial charge in [-0.2, -0.15) is 11.8 Å². The summed E-state index contributed by atoms with van der Waals surface area (Å²) in [7, 11) is 3.49. The molecular formula is C18H30N4OS. The van der Waals surface area contributed by atoms with E-state index in [0.717, 1.165) is 13.0 Å². The Bertz CT molecular complexity index is 505. The molecule has 0 fully saturated rings. The molecule has 0 aromatic heterocycles. The molecule has 1 rings (SSSR count). The average Bonchev–Trinajstić information content (AvgIpc) is 2.59. The van der Waals surface area contributed by atoms with Crippen LogP contribution in [0, 0.1) is 0 Å². The van der Waals surface area contributed by atoms with Crippen LogP contribution in [-0.4, -0.2) is 56.0 Å². The van der Waals surface area contributed by atoms with Crippen LogP contribution in [0.2, 0.25) is 0 Å². The second kappa shape index (κ2) is 11.8. The highest BCUT2D eigenvalue weighted by Gasteiger charge is 2.09. The molecule has 5 nitrogen and oxygen atoms in total. The molecular weight excluding hydrogens is 320 g/mol. The molecule has 1 aromatic carbocycles. The summed E-state index contributed by atoms with van der Waals surface area (Å²) >= 11 is 1.86. The highest BCUT2D eigenvalue weighted by atomic mass is 32.2. The number of nitrogens with zero attached hydrogens (tertiary/aromatic N) is 2. The number of unbranched alkanes of at least 4 members (excludes halogenated alkanes) is 1. The summed E-state index contributed by atoms with van der Waals surface area (Å²) in [5, 5.41) is 6.71. The van der Waals surface area contributed by atoms with Crippen LogP contribution in [0.4, 0.5) is 0 Å². The van der Waals surface area contributed by atoms with Crippen molar-refractivity contribution in [3.05, 3.63) is 35.9 Å². The highest BCUT2D eigenvalue weighted by Crippen LogP contribution is 2.10. The lowest BCUT2D eigenvalue weighted by molar-refractivity contribution is -0.127. The van der Waals surface area contributed by atoms with Crippen LogP contribution in [0.5, 0.6) is 0 Å². The predicted molar refractivity (Wildman–Crippen MR) is 105 cm³/mol. The number of guanidine groups is 1. The summed E-state index contributed by atoms with van der Waals surface area (Å²) in [6, 6.07) is 10.3. The monoisotopic (exact) mass is 350 g/mol. The molecule has 0 saturated carbocycles. The van der Waals surface area contributed by atoms with E-state index in [1.165, 1.54) is 17.7 Å². The van der Waals surface area contributed by atoms with E-state index in [2.05, 4.69) is 40.9 Å². The molecule has 1 atom stereocenters. The summed E-state index contributed by atoms with van der Waals surface area (Å²) in [6.07, 6.45) is 4.38. The van der Waals surface area contributed by atoms with Gasteiger partial charge in [0.05, 0.1) is 6.04 Å². The zero-order chi connectivity index (χ0) is 17.8. The van der Waals surface area contributed by atoms with Gasteiger partial charge in [0.15, 0.2) is 5.96 Å². The van der Waals surface area contributed by atoms with Crippen LogP contribution < -0.4 is 10.6 Å². The first kappa shape index (κ1) is 20.4. The Morgan fingerprint density at radius 2 is 1.96 bits per heavy atom. The van der Waals surface area contributed by atoms with Gasteiger partial charge in [0.1, 0.15) is 6.54 Å². The van der Waals surface area contributed by atoms with Crippen LogP contribution in [0.3, 0.4) is 0 Å². The van der Waals surface area contributed by atoms with E-state index in [1.54, 1.807) is 19.0 Å². The van der Waals surface area contributed by atoms with E-state index >= 15 is 0 Å². The number of aliphatic imine (C=N–C) groups is 1. The molecule has 2 N–H and O–H groups in total. The van der Waals surface area contributed by atoms with Crippen molar-refractivity contribution in [1.29, 1.82) is 0 Å². The fraction of sp³-hybridized carbons (Fsp3) is 0.556. The topological polar surface area (TPSA) is 56.7 Å². The molecule has 1 amide bonds. The second-order valence-electron chi connectivity index (χ2n) is 5.86. The minimum Gasteiger partial charge on any atom is -0.356 e. The zero-order valence-corrected chi connectivity index (χ0v) is 16.0. The number of benzene rings is 1. The molecule has 0 saturated heterocycles. The summed E-state index contributed by atoms with van der Waals surface area (Å²) in [5.74, 6) is 1.85. The van der Waals surface area contributed by atoms with Gasteiger partial charge in [-0.25, -0.2) is 4.99 Å². The van der Waals surface area contributed by atoms with Crippen LogP contribution in [0.25, 0.3) is 0 Å². The zero-order valence-electron chi connectivity index (χ0n) is 15.2. The van der Waals surface area contributed by atoms with Gasteiger partial charge < -0.3 is 15.5 Å². The Labute approximate surface area is 150 Å². The van der Waals surface area contributed by atoms with Crippen molar-refractivity contribution in [1.82, 2.24) is 15.5 Å². The predicted octanol–water partition coefficient (Wildman–Crippen LogP) is 2.51. The first-order chi connectivity index (χ1) is 11.5. The normalized spacial score (nSPS) is 12.6. The van der Waals surface area contributed by atoms with Gasteiger partial charge >= 0.3 is 0 Å². The third kappa shape index (κ3) is 8.24. The number of amides is 1. The fourth-order valence-electron chi connectivity index (χ4n) is 2.05. The van der Waals surface area contributed by atoms with Crippen molar-refractivity contribution >= 4 is 23.6 Å². The molecule has 134 valence electrons. The Balaban J connectivity index is 2.62. The number of nitrogens with one attached hydrogen (secondary N) is 2. The van der Waals surface area contributed by atoms with Gasteiger partial charge in [-0.15, -0.1) is 0 Å². The largest absolute Gasteiger partial charge is 0.356 e. The standard InChI is InChI=1S/C18H30N4OS/c1-15(16-10-6-5-7-11-16)21-18(19-12-8-9-13-24-4)20-14-17(23)22(2)3/h5-7,10-11,15H,8-9,12-14H2,1-4H3,(H2,19,20,21). The van der Waals surface area contributed by atoms with Crippen LogP contribution in [0.1, 0.15) is 31.4 Å². The van der Waals surface area contributed by atoms with Gasteiger partial charge in [0.2, 0.25) is 5.91 Å². The Hall–Kier alpha value is -1.69. The van der Waals surface area contributed by atoms with E-state index in [-0.39, 0.29) is 18.5 Å². The molecule has 6 heteroatoms. The van der Waals surface area contributed by atoms with Gasteiger partial charge in [0, 0.05) is 20.6 Å². The number of hydrogen-bond donors (Lipinski definition) is 2. The molecule has 0 aliphatic carbocycles. The molecule has 0 aliphatic rings. The Morgan fingerprint density at radius 3 is 2.58 bits per heavy atom. The lowest BCUT2D eigenvalue weighted by Gasteiger charge is -2.19. The minimum absolute atomic E-state index is 0.00847. The molecule has 0 radical (unpaired) electrons. The number of likely N-dealkylation sites (N-methyl/N-ethyl adjacent to an activating group) is 1. The van der Waals surface area contributed by atoms with Crippen molar-refractivity contribution in [3.8, 4) is 0 Å². The maximum Gasteiger partial charge on any atom is 0.243 e. The number of carbonyl (C=O) groups excluding carboxylic acids is 1. The summed E-state index contributed by atoms with van der Waals surface area (Å²) in [6.45, 7) is 3.09. The van der Waals surface area contributed by atoms with Crippen LogP contribution >= 0.6 is 11.8 Å². The van der Waals surface area contributed by atoms with Crippen molar-refractivity contribution in [2.24, 2.45) is 4.99 Å². The van der Waals surface area contributed by atoms with Crippen molar-refractivity contribution in [2.75, 3.05) is 39.2 Å². The summed E-state index contributed by atoms with van der Waals surface area (Å²) in [4.78, 5) is 17.8. The van der Waals surface area contributed by atoms with Crippen molar-refractivity contribution in [3.63, 3.8) is 0 Å². The van der Waals surface area contributed by atoms with Crippen LogP contribution in [0.15, 0.2) is 35.3 Å². The third-order valence-corrected chi connectivity index (χ3v) is 4.29. The first-order valence-electron chi connectivity index (χ1n) is 8.33. The maximum absolute atomic E-state index is 11.8. The van der Waals surface area contributed by atoms with Crippen molar-refractivity contribution in [2.45, 2.75) is 25.8 Å². The van der Waals surface area contributed by atoms with Crippen LogP contribution in [-0.2, 0) is 4.79 Å². The lowest BCUT2D eigenvalue weighted by Crippen LogP contribution is -2.40. The smallest absolute Gasteiger partial charge is 0.243 e.